The van der Waals surface area contributed by atoms with E-state index in [1.54, 1.807) is 12.1 Å². The molecule has 19 heavy (non-hydrogen) atoms. The zero-order chi connectivity index (χ0) is 13.9. The van der Waals surface area contributed by atoms with Crippen LogP contribution in [0.1, 0.15) is 28.8 Å². The van der Waals surface area contributed by atoms with E-state index in [9.17, 15) is 13.2 Å². The molecule has 0 radical (unpaired) electrons. The molecule has 1 saturated heterocycles. The molecule has 1 aromatic rings. The first-order chi connectivity index (χ1) is 8.99. The van der Waals surface area contributed by atoms with Gasteiger partial charge in [0.1, 0.15) is 0 Å². The Hall–Kier alpha value is -1.40. The highest BCUT2D eigenvalue weighted by molar-refractivity contribution is 7.91. The lowest BCUT2D eigenvalue weighted by Crippen LogP contribution is -2.39. The molecule has 1 aromatic carbocycles. The molecule has 0 aromatic heterocycles. The Balaban J connectivity index is 2.09. The molecule has 0 bridgehead atoms. The van der Waals surface area contributed by atoms with Crippen LogP contribution in [0.4, 0.5) is 0 Å². The molecule has 104 valence electrons. The summed E-state index contributed by atoms with van der Waals surface area (Å²) in [5.74, 6) is -1.04. The van der Waals surface area contributed by atoms with Gasteiger partial charge in [-0.2, -0.15) is 0 Å². The van der Waals surface area contributed by atoms with Crippen molar-refractivity contribution >= 4 is 15.8 Å². The van der Waals surface area contributed by atoms with E-state index in [1.807, 2.05) is 0 Å². The van der Waals surface area contributed by atoms with E-state index in [0.29, 0.717) is 18.5 Å². The lowest BCUT2D eigenvalue weighted by molar-refractivity contribution is 0.0697. The van der Waals surface area contributed by atoms with Gasteiger partial charge in [-0.25, -0.2) is 13.2 Å². The van der Waals surface area contributed by atoms with Crippen LogP contribution in [-0.2, 0) is 15.6 Å². The van der Waals surface area contributed by atoms with Gasteiger partial charge >= 0.3 is 5.97 Å². The van der Waals surface area contributed by atoms with E-state index in [-0.39, 0.29) is 16.6 Å². The summed E-state index contributed by atoms with van der Waals surface area (Å²) in [6, 6.07) is 6.01. The second kappa shape index (κ2) is 5.71. The summed E-state index contributed by atoms with van der Waals surface area (Å²) in [6.07, 6.45) is 1.57. The quantitative estimate of drug-likeness (QED) is 0.863. The van der Waals surface area contributed by atoms with Crippen molar-refractivity contribution in [2.75, 3.05) is 13.1 Å². The van der Waals surface area contributed by atoms with Gasteiger partial charge < -0.3 is 10.4 Å². The fraction of sp³-hybridized carbons (Fsp3) is 0.462. The first-order valence-electron chi connectivity index (χ1n) is 6.23. The number of sulfone groups is 1. The van der Waals surface area contributed by atoms with Gasteiger partial charge in [0, 0.05) is 6.54 Å². The molecule has 2 rings (SSSR count). The monoisotopic (exact) mass is 283 g/mol. The Labute approximate surface area is 112 Å². The number of benzene rings is 1. The molecular formula is C13H17NO4S. The van der Waals surface area contributed by atoms with Gasteiger partial charge in [-0.3, -0.25) is 0 Å². The smallest absolute Gasteiger partial charge is 0.335 e. The molecular weight excluding hydrogens is 266 g/mol. The summed E-state index contributed by atoms with van der Waals surface area (Å²) in [5.41, 5.74) is 0.802. The average molecular weight is 283 g/mol. The fourth-order valence-electron chi connectivity index (χ4n) is 2.22. The van der Waals surface area contributed by atoms with Gasteiger partial charge in [0.05, 0.1) is 16.6 Å². The fourth-order valence-corrected chi connectivity index (χ4v) is 4.01. The maximum absolute atomic E-state index is 12.2. The second-order valence-corrected chi connectivity index (χ2v) is 7.06. The minimum absolute atomic E-state index is 0.0285. The van der Waals surface area contributed by atoms with Gasteiger partial charge in [0.25, 0.3) is 0 Å². The standard InChI is InChI=1S/C13H17NO4S/c15-13(16)11-5-3-10(4-6-11)9-19(17,18)12-2-1-7-14-8-12/h3-6,12,14H,1-2,7-9H2,(H,15,16). The zero-order valence-electron chi connectivity index (χ0n) is 10.5. The van der Waals surface area contributed by atoms with Crippen molar-refractivity contribution in [3.63, 3.8) is 0 Å². The van der Waals surface area contributed by atoms with Crippen molar-refractivity contribution < 1.29 is 18.3 Å². The molecule has 5 nitrogen and oxygen atoms in total. The predicted octanol–water partition coefficient (Wildman–Crippen LogP) is 1.05. The number of carboxylic acids is 1. The molecule has 1 aliphatic rings. The number of carbonyl (C=O) groups is 1. The van der Waals surface area contributed by atoms with E-state index < -0.39 is 15.8 Å². The number of rotatable bonds is 4. The molecule has 0 aliphatic carbocycles. The molecule has 0 spiro atoms. The lowest BCUT2D eigenvalue weighted by Gasteiger charge is -2.22. The average Bonchev–Trinajstić information content (AvgIpc) is 2.40. The van der Waals surface area contributed by atoms with E-state index >= 15 is 0 Å². The topological polar surface area (TPSA) is 83.5 Å². The van der Waals surface area contributed by atoms with Crippen LogP contribution in [0, 0.1) is 0 Å². The predicted molar refractivity (Wildman–Crippen MR) is 71.9 cm³/mol. The van der Waals surface area contributed by atoms with Gasteiger partial charge in [-0.1, -0.05) is 12.1 Å². The van der Waals surface area contributed by atoms with E-state index in [4.69, 9.17) is 5.11 Å². The molecule has 1 unspecified atom stereocenters. The molecule has 1 aliphatic heterocycles. The molecule has 1 atom stereocenters. The van der Waals surface area contributed by atoms with E-state index in [1.165, 1.54) is 12.1 Å². The van der Waals surface area contributed by atoms with Crippen LogP contribution < -0.4 is 5.32 Å². The van der Waals surface area contributed by atoms with E-state index in [0.717, 1.165) is 13.0 Å². The first kappa shape index (κ1) is 14.0. The maximum atomic E-state index is 12.2. The Kier molecular flexibility index (Phi) is 4.21. The van der Waals surface area contributed by atoms with Crippen molar-refractivity contribution in [2.45, 2.75) is 23.8 Å². The summed E-state index contributed by atoms with van der Waals surface area (Å²) in [6.45, 7) is 1.38. The van der Waals surface area contributed by atoms with Crippen molar-refractivity contribution in [3.05, 3.63) is 35.4 Å². The molecule has 0 saturated carbocycles. The van der Waals surface area contributed by atoms with Gasteiger partial charge in [0.15, 0.2) is 9.84 Å². The number of carboxylic acid groups (broad SMARTS) is 1. The SMILES string of the molecule is O=C(O)c1ccc(CS(=O)(=O)C2CCCNC2)cc1. The lowest BCUT2D eigenvalue weighted by atomic mass is 10.1. The number of piperidine rings is 1. The molecule has 6 heteroatoms. The number of hydrogen-bond donors (Lipinski definition) is 2. The summed E-state index contributed by atoms with van der Waals surface area (Å²) in [7, 11) is -3.18. The van der Waals surface area contributed by atoms with Gasteiger partial charge in [0.2, 0.25) is 0 Å². The van der Waals surface area contributed by atoms with Crippen molar-refractivity contribution in [1.29, 1.82) is 0 Å². The van der Waals surface area contributed by atoms with Crippen LogP contribution >= 0.6 is 0 Å². The molecule has 1 heterocycles. The van der Waals surface area contributed by atoms with Crippen LogP contribution in [0.25, 0.3) is 0 Å². The van der Waals surface area contributed by atoms with Gasteiger partial charge in [-0.05, 0) is 37.1 Å². The Bertz CT molecular complexity index is 545. The summed E-state index contributed by atoms with van der Waals surface area (Å²) >= 11 is 0. The maximum Gasteiger partial charge on any atom is 0.335 e. The summed E-state index contributed by atoms with van der Waals surface area (Å²) in [4.78, 5) is 10.7. The number of hydrogen-bond acceptors (Lipinski definition) is 4. The highest BCUT2D eigenvalue weighted by Gasteiger charge is 2.27. The highest BCUT2D eigenvalue weighted by Crippen LogP contribution is 2.17. The van der Waals surface area contributed by atoms with Crippen LogP contribution in [0.2, 0.25) is 0 Å². The minimum atomic E-state index is -3.18. The Morgan fingerprint density at radius 3 is 2.53 bits per heavy atom. The second-order valence-electron chi connectivity index (χ2n) is 4.78. The van der Waals surface area contributed by atoms with Crippen molar-refractivity contribution in [2.24, 2.45) is 0 Å². The summed E-state index contributed by atoms with van der Waals surface area (Å²) < 4.78 is 24.4. The number of nitrogens with one attached hydrogen (secondary N) is 1. The molecule has 1 fully saturated rings. The third-order valence-electron chi connectivity index (χ3n) is 3.33. The van der Waals surface area contributed by atoms with E-state index in [2.05, 4.69) is 5.32 Å². The summed E-state index contributed by atoms with van der Waals surface area (Å²) in [5, 5.41) is 11.5. The highest BCUT2D eigenvalue weighted by atomic mass is 32.2. The third kappa shape index (κ3) is 3.54. The van der Waals surface area contributed by atoms with Crippen molar-refractivity contribution in [1.82, 2.24) is 5.32 Å². The Morgan fingerprint density at radius 1 is 1.32 bits per heavy atom. The molecule has 0 amide bonds. The Morgan fingerprint density at radius 2 is 2.00 bits per heavy atom. The van der Waals surface area contributed by atoms with Crippen LogP contribution in [0.5, 0.6) is 0 Å². The first-order valence-corrected chi connectivity index (χ1v) is 7.95. The van der Waals surface area contributed by atoms with Crippen molar-refractivity contribution in [3.8, 4) is 0 Å². The molecule has 2 N–H and O–H groups in total. The van der Waals surface area contributed by atoms with Crippen LogP contribution in [-0.4, -0.2) is 37.8 Å². The largest absolute Gasteiger partial charge is 0.478 e. The third-order valence-corrected chi connectivity index (χ3v) is 5.48. The zero-order valence-corrected chi connectivity index (χ0v) is 11.3. The van der Waals surface area contributed by atoms with Crippen LogP contribution in [0.3, 0.4) is 0 Å². The van der Waals surface area contributed by atoms with Crippen LogP contribution in [0.15, 0.2) is 24.3 Å². The minimum Gasteiger partial charge on any atom is -0.478 e. The number of aromatic carboxylic acids is 1. The normalized spacial score (nSPS) is 20.1. The van der Waals surface area contributed by atoms with Gasteiger partial charge in [-0.15, -0.1) is 0 Å².